The van der Waals surface area contributed by atoms with Crippen molar-refractivity contribution in [1.82, 2.24) is 5.32 Å². The largest absolute Gasteiger partial charge is 0.313 e. The highest BCUT2D eigenvalue weighted by Gasteiger charge is 2.03. The smallest absolute Gasteiger partial charge is 0.0205 e. The molecule has 106 valence electrons. The summed E-state index contributed by atoms with van der Waals surface area (Å²) in [5, 5.41) is 3.53. The summed E-state index contributed by atoms with van der Waals surface area (Å²) in [6.07, 6.45) is 3.28. The fraction of sp³-hybridized carbons (Fsp3) is 0.333. The summed E-state index contributed by atoms with van der Waals surface area (Å²) in [7, 11) is 0. The fourth-order valence-electron chi connectivity index (χ4n) is 2.24. The average Bonchev–Trinajstić information content (AvgIpc) is 2.53. The molecule has 0 radical (unpaired) electrons. The molecule has 2 rings (SSSR count). The molecule has 2 aromatic rings. The molecular weight excluding hydrogens is 262 g/mol. The Morgan fingerprint density at radius 2 is 1.70 bits per heavy atom. The molecule has 0 amide bonds. The number of benzene rings is 2. The van der Waals surface area contributed by atoms with Gasteiger partial charge in [0.2, 0.25) is 0 Å². The summed E-state index contributed by atoms with van der Waals surface area (Å²) in [5.74, 6) is 0.613. The molecule has 0 aliphatic carbocycles. The van der Waals surface area contributed by atoms with E-state index in [9.17, 15) is 0 Å². The third-order valence-electron chi connectivity index (χ3n) is 3.61. The van der Waals surface area contributed by atoms with Crippen LogP contribution in [0, 0.1) is 0 Å². The van der Waals surface area contributed by atoms with Crippen molar-refractivity contribution in [1.29, 1.82) is 0 Å². The quantitative estimate of drug-likeness (QED) is 0.585. The molecule has 1 atom stereocenters. The molecule has 2 aromatic carbocycles. The monoisotopic (exact) mass is 285 g/mol. The van der Waals surface area contributed by atoms with E-state index < -0.39 is 0 Å². The zero-order valence-corrected chi connectivity index (χ0v) is 13.1. The number of thioether (sulfide) groups is 1. The van der Waals surface area contributed by atoms with Crippen molar-refractivity contribution < 1.29 is 0 Å². The SMILES string of the molecule is CSc1ccc(CNCCC(C)c2ccccc2)cc1. The van der Waals surface area contributed by atoms with Gasteiger partial charge in [0.15, 0.2) is 0 Å². The van der Waals surface area contributed by atoms with Gasteiger partial charge in [-0.15, -0.1) is 11.8 Å². The van der Waals surface area contributed by atoms with Crippen molar-refractivity contribution in [3.05, 3.63) is 65.7 Å². The summed E-state index contributed by atoms with van der Waals surface area (Å²) in [6, 6.07) is 19.5. The standard InChI is InChI=1S/C18H23NS/c1-15(17-6-4-3-5-7-17)12-13-19-14-16-8-10-18(20-2)11-9-16/h3-11,15,19H,12-14H2,1-2H3. The molecule has 0 saturated carbocycles. The Hall–Kier alpha value is -1.25. The number of rotatable bonds is 7. The molecule has 0 saturated heterocycles. The van der Waals surface area contributed by atoms with Crippen molar-refractivity contribution >= 4 is 11.8 Å². The van der Waals surface area contributed by atoms with E-state index in [1.807, 2.05) is 0 Å². The van der Waals surface area contributed by atoms with Crippen LogP contribution in [0.25, 0.3) is 0 Å². The molecule has 0 bridgehead atoms. The van der Waals surface area contributed by atoms with Crippen molar-refractivity contribution in [2.75, 3.05) is 12.8 Å². The third kappa shape index (κ3) is 4.69. The molecular formula is C18H23NS. The van der Waals surface area contributed by atoms with Crippen LogP contribution in [-0.2, 0) is 6.54 Å². The van der Waals surface area contributed by atoms with Crippen LogP contribution >= 0.6 is 11.8 Å². The maximum atomic E-state index is 3.53. The Labute approximate surface area is 126 Å². The van der Waals surface area contributed by atoms with Crippen LogP contribution in [0.5, 0.6) is 0 Å². The first kappa shape index (κ1) is 15.1. The molecule has 20 heavy (non-hydrogen) atoms. The van der Waals surface area contributed by atoms with Gasteiger partial charge in [0.05, 0.1) is 0 Å². The van der Waals surface area contributed by atoms with E-state index >= 15 is 0 Å². The van der Waals surface area contributed by atoms with Gasteiger partial charge in [0.1, 0.15) is 0 Å². The van der Waals surface area contributed by atoms with Gasteiger partial charge in [-0.3, -0.25) is 0 Å². The molecule has 0 spiro atoms. The van der Waals surface area contributed by atoms with Crippen molar-refractivity contribution in [3.63, 3.8) is 0 Å². The predicted molar refractivity (Wildman–Crippen MR) is 89.4 cm³/mol. The Morgan fingerprint density at radius 1 is 1.00 bits per heavy atom. The molecule has 0 aliphatic heterocycles. The number of hydrogen-bond acceptors (Lipinski definition) is 2. The third-order valence-corrected chi connectivity index (χ3v) is 4.35. The van der Waals surface area contributed by atoms with Crippen LogP contribution < -0.4 is 5.32 Å². The van der Waals surface area contributed by atoms with E-state index in [1.165, 1.54) is 22.4 Å². The maximum Gasteiger partial charge on any atom is 0.0205 e. The van der Waals surface area contributed by atoms with Gasteiger partial charge in [-0.05, 0) is 48.4 Å². The average molecular weight is 285 g/mol. The highest BCUT2D eigenvalue weighted by Crippen LogP contribution is 2.18. The van der Waals surface area contributed by atoms with Crippen molar-refractivity contribution in [2.24, 2.45) is 0 Å². The van der Waals surface area contributed by atoms with Crippen LogP contribution in [0.4, 0.5) is 0 Å². The van der Waals surface area contributed by atoms with Crippen molar-refractivity contribution in [3.8, 4) is 0 Å². The molecule has 2 heteroatoms. The molecule has 0 fully saturated rings. The van der Waals surface area contributed by atoms with Crippen LogP contribution in [0.2, 0.25) is 0 Å². The van der Waals surface area contributed by atoms with E-state index in [4.69, 9.17) is 0 Å². The van der Waals surface area contributed by atoms with E-state index in [1.54, 1.807) is 11.8 Å². The van der Waals surface area contributed by atoms with Crippen LogP contribution in [-0.4, -0.2) is 12.8 Å². The molecule has 1 nitrogen and oxygen atoms in total. The van der Waals surface area contributed by atoms with E-state index in [0.29, 0.717) is 5.92 Å². The zero-order valence-electron chi connectivity index (χ0n) is 12.3. The fourth-order valence-corrected chi connectivity index (χ4v) is 2.65. The topological polar surface area (TPSA) is 12.0 Å². The minimum absolute atomic E-state index is 0.613. The first-order valence-corrected chi connectivity index (χ1v) is 8.40. The maximum absolute atomic E-state index is 3.53. The van der Waals surface area contributed by atoms with E-state index in [-0.39, 0.29) is 0 Å². The number of nitrogens with one attached hydrogen (secondary N) is 1. The first-order chi connectivity index (χ1) is 9.79. The summed E-state index contributed by atoms with van der Waals surface area (Å²) in [4.78, 5) is 1.33. The first-order valence-electron chi connectivity index (χ1n) is 7.18. The van der Waals surface area contributed by atoms with Gasteiger partial charge in [-0.2, -0.15) is 0 Å². The lowest BCUT2D eigenvalue weighted by Crippen LogP contribution is -2.16. The lowest BCUT2D eigenvalue weighted by molar-refractivity contribution is 0.594. The summed E-state index contributed by atoms with van der Waals surface area (Å²) in [6.45, 7) is 4.31. The normalized spacial score (nSPS) is 12.3. The van der Waals surface area contributed by atoms with Gasteiger partial charge in [0, 0.05) is 11.4 Å². The Morgan fingerprint density at radius 3 is 2.35 bits per heavy atom. The lowest BCUT2D eigenvalue weighted by Gasteiger charge is -2.12. The highest BCUT2D eigenvalue weighted by atomic mass is 32.2. The predicted octanol–water partition coefficient (Wildman–Crippen LogP) is 4.69. The zero-order chi connectivity index (χ0) is 14.2. The Bertz CT molecular complexity index is 493. The number of hydrogen-bond donors (Lipinski definition) is 1. The van der Waals surface area contributed by atoms with Crippen LogP contribution in [0.3, 0.4) is 0 Å². The van der Waals surface area contributed by atoms with Gasteiger partial charge in [-0.1, -0.05) is 49.4 Å². The lowest BCUT2D eigenvalue weighted by atomic mass is 9.98. The molecule has 1 N–H and O–H groups in total. The second-order valence-corrected chi connectivity index (χ2v) is 6.00. The van der Waals surface area contributed by atoms with Crippen LogP contribution in [0.15, 0.2) is 59.5 Å². The molecule has 0 heterocycles. The summed E-state index contributed by atoms with van der Waals surface area (Å²) >= 11 is 1.79. The Kier molecular flexibility index (Phi) is 6.16. The second kappa shape index (κ2) is 8.13. The highest BCUT2D eigenvalue weighted by molar-refractivity contribution is 7.98. The van der Waals surface area contributed by atoms with Crippen LogP contribution in [0.1, 0.15) is 30.4 Å². The minimum atomic E-state index is 0.613. The summed E-state index contributed by atoms with van der Waals surface area (Å²) < 4.78 is 0. The van der Waals surface area contributed by atoms with Gasteiger partial charge < -0.3 is 5.32 Å². The molecule has 0 aromatic heterocycles. The minimum Gasteiger partial charge on any atom is -0.313 e. The molecule has 0 aliphatic rings. The second-order valence-electron chi connectivity index (χ2n) is 5.13. The Balaban J connectivity index is 1.70. The van der Waals surface area contributed by atoms with Gasteiger partial charge in [-0.25, -0.2) is 0 Å². The molecule has 1 unspecified atom stereocenters. The van der Waals surface area contributed by atoms with E-state index in [2.05, 4.69) is 73.1 Å². The van der Waals surface area contributed by atoms with Crippen molar-refractivity contribution in [2.45, 2.75) is 30.7 Å². The van der Waals surface area contributed by atoms with Gasteiger partial charge >= 0.3 is 0 Å². The van der Waals surface area contributed by atoms with E-state index in [0.717, 1.165) is 13.1 Å². The summed E-state index contributed by atoms with van der Waals surface area (Å²) in [5.41, 5.74) is 2.79. The van der Waals surface area contributed by atoms with Gasteiger partial charge in [0.25, 0.3) is 0 Å².